The Morgan fingerprint density at radius 1 is 1.00 bits per heavy atom. The van der Waals surface area contributed by atoms with Gasteiger partial charge in [0.25, 0.3) is 0 Å². The molecule has 0 saturated carbocycles. The molecule has 1 heterocycles. The maximum Gasteiger partial charge on any atom is 0.203 e. The highest BCUT2D eigenvalue weighted by Gasteiger charge is 2.38. The van der Waals surface area contributed by atoms with Crippen molar-refractivity contribution < 1.29 is 24.8 Å². The van der Waals surface area contributed by atoms with E-state index in [0.29, 0.717) is 23.3 Å². The number of hydrogen-bond donors (Lipinski definition) is 3. The van der Waals surface area contributed by atoms with Crippen LogP contribution >= 0.6 is 0 Å². The highest BCUT2D eigenvalue weighted by molar-refractivity contribution is 5.89. The predicted octanol–water partition coefficient (Wildman–Crippen LogP) is 2.57. The summed E-state index contributed by atoms with van der Waals surface area (Å²) in [5, 5.41) is 31.7. The molecule has 0 unspecified atom stereocenters. The van der Waals surface area contributed by atoms with Gasteiger partial charge in [0.1, 0.15) is 0 Å². The predicted molar refractivity (Wildman–Crippen MR) is 92.8 cm³/mol. The van der Waals surface area contributed by atoms with E-state index in [-0.39, 0.29) is 29.0 Å². The van der Waals surface area contributed by atoms with Crippen LogP contribution in [0.4, 0.5) is 0 Å². The summed E-state index contributed by atoms with van der Waals surface area (Å²) in [6.45, 7) is 0.897. The first-order chi connectivity index (χ1) is 12.0. The molecule has 4 rings (SSSR count). The Labute approximate surface area is 145 Å². The molecule has 0 bridgehead atoms. The molecule has 1 atom stereocenters. The molecule has 1 aliphatic carbocycles. The first-order valence-electron chi connectivity index (χ1n) is 8.23. The number of phenols is 3. The minimum Gasteiger partial charge on any atom is -0.504 e. The second-order valence-corrected chi connectivity index (χ2v) is 6.64. The van der Waals surface area contributed by atoms with E-state index < -0.39 is 0 Å². The zero-order chi connectivity index (χ0) is 17.9. The van der Waals surface area contributed by atoms with Crippen LogP contribution in [0.3, 0.4) is 0 Å². The number of phenolic OH excluding ortho intramolecular Hbond substituents is 3. The second-order valence-electron chi connectivity index (χ2n) is 6.64. The van der Waals surface area contributed by atoms with Gasteiger partial charge in [0.15, 0.2) is 23.0 Å². The number of ether oxygens (including phenoxy) is 2. The molecular weight excluding hydrogens is 322 g/mol. The van der Waals surface area contributed by atoms with E-state index in [0.717, 1.165) is 29.7 Å². The standard InChI is InChI=1S/C19H21NO5/c1-20-5-4-9-8-13(24-2)17(22)16-14(9)11(20)6-10-7-12(21)19(25-3)18(23)15(10)16/h7-8,11,21-23H,4-6H2,1-3H3/t11-/m0/s1. The highest BCUT2D eigenvalue weighted by atomic mass is 16.5. The van der Waals surface area contributed by atoms with E-state index in [1.165, 1.54) is 14.2 Å². The van der Waals surface area contributed by atoms with Crippen LogP contribution in [0.25, 0.3) is 11.1 Å². The first-order valence-corrected chi connectivity index (χ1v) is 8.23. The van der Waals surface area contributed by atoms with Crippen LogP contribution in [0.1, 0.15) is 22.7 Å². The Hall–Kier alpha value is -2.60. The quantitative estimate of drug-likeness (QED) is 0.777. The number of likely N-dealkylation sites (N-methyl/N-ethyl adjacent to an activating group) is 1. The molecule has 0 fully saturated rings. The highest BCUT2D eigenvalue weighted by Crippen LogP contribution is 2.57. The van der Waals surface area contributed by atoms with Gasteiger partial charge in [-0.1, -0.05) is 0 Å². The average molecular weight is 343 g/mol. The van der Waals surface area contributed by atoms with E-state index >= 15 is 0 Å². The lowest BCUT2D eigenvalue weighted by molar-refractivity contribution is 0.226. The van der Waals surface area contributed by atoms with Crippen LogP contribution in [-0.2, 0) is 12.8 Å². The summed E-state index contributed by atoms with van der Waals surface area (Å²) in [6.07, 6.45) is 1.49. The SMILES string of the molecule is COc1cc2c3c(c1O)-c1c(cc(O)c(OC)c1O)C[C@@H]3N(C)CC2. The molecule has 0 amide bonds. The van der Waals surface area contributed by atoms with Crippen LogP contribution in [0.15, 0.2) is 12.1 Å². The van der Waals surface area contributed by atoms with E-state index in [1.807, 2.05) is 13.1 Å². The van der Waals surface area contributed by atoms with Gasteiger partial charge in [-0.25, -0.2) is 0 Å². The number of methoxy groups -OCH3 is 2. The van der Waals surface area contributed by atoms with Gasteiger partial charge in [0, 0.05) is 23.7 Å². The van der Waals surface area contributed by atoms with Crippen molar-refractivity contribution >= 4 is 0 Å². The lowest BCUT2D eigenvalue weighted by Gasteiger charge is -2.40. The van der Waals surface area contributed by atoms with Crippen molar-refractivity contribution in [1.82, 2.24) is 4.90 Å². The number of rotatable bonds is 2. The fourth-order valence-corrected chi connectivity index (χ4v) is 4.18. The lowest BCUT2D eigenvalue weighted by Crippen LogP contribution is -2.35. The fourth-order valence-electron chi connectivity index (χ4n) is 4.18. The summed E-state index contributed by atoms with van der Waals surface area (Å²) in [5.74, 6) is 0.137. The van der Waals surface area contributed by atoms with Crippen LogP contribution in [0.5, 0.6) is 28.7 Å². The Kier molecular flexibility index (Phi) is 3.47. The van der Waals surface area contributed by atoms with E-state index in [4.69, 9.17) is 9.47 Å². The van der Waals surface area contributed by atoms with Crippen molar-refractivity contribution in [2.24, 2.45) is 0 Å². The summed E-state index contributed by atoms with van der Waals surface area (Å²) in [5.41, 5.74) is 3.99. The van der Waals surface area contributed by atoms with Crippen molar-refractivity contribution in [2.45, 2.75) is 18.9 Å². The molecule has 25 heavy (non-hydrogen) atoms. The molecule has 2 aromatic carbocycles. The smallest absolute Gasteiger partial charge is 0.203 e. The summed E-state index contributed by atoms with van der Waals surface area (Å²) in [6, 6.07) is 3.57. The summed E-state index contributed by atoms with van der Waals surface area (Å²) in [7, 11) is 4.95. The van der Waals surface area contributed by atoms with Crippen molar-refractivity contribution in [1.29, 1.82) is 0 Å². The third-order valence-electron chi connectivity index (χ3n) is 5.39. The molecule has 6 nitrogen and oxygen atoms in total. The first kappa shape index (κ1) is 15.9. The third-order valence-corrected chi connectivity index (χ3v) is 5.39. The fraction of sp³-hybridized carbons (Fsp3) is 0.368. The summed E-state index contributed by atoms with van der Waals surface area (Å²) < 4.78 is 10.5. The van der Waals surface area contributed by atoms with Gasteiger partial charge in [-0.05, 0) is 48.7 Å². The van der Waals surface area contributed by atoms with Crippen molar-refractivity contribution in [2.75, 3.05) is 27.8 Å². The molecule has 0 aromatic heterocycles. The number of nitrogens with zero attached hydrogens (tertiary/aromatic N) is 1. The minimum atomic E-state index is -0.157. The monoisotopic (exact) mass is 343 g/mol. The topological polar surface area (TPSA) is 82.4 Å². The molecule has 1 aliphatic heterocycles. The zero-order valence-corrected chi connectivity index (χ0v) is 14.5. The maximum absolute atomic E-state index is 10.8. The molecule has 0 saturated heterocycles. The number of aromatic hydroxyl groups is 3. The molecule has 2 aromatic rings. The largest absolute Gasteiger partial charge is 0.504 e. The molecule has 3 N–H and O–H groups in total. The molecule has 2 aliphatic rings. The van der Waals surface area contributed by atoms with E-state index in [1.54, 1.807) is 6.07 Å². The summed E-state index contributed by atoms with van der Waals surface area (Å²) >= 11 is 0. The molecular formula is C19H21NO5. The van der Waals surface area contributed by atoms with Crippen LogP contribution < -0.4 is 9.47 Å². The van der Waals surface area contributed by atoms with Gasteiger partial charge in [-0.15, -0.1) is 0 Å². The van der Waals surface area contributed by atoms with Crippen LogP contribution in [0, 0.1) is 0 Å². The number of fused-ring (bicyclic) bond motifs is 2. The normalized spacial score (nSPS) is 18.4. The van der Waals surface area contributed by atoms with Gasteiger partial charge >= 0.3 is 0 Å². The lowest BCUT2D eigenvalue weighted by atomic mass is 9.76. The van der Waals surface area contributed by atoms with Crippen molar-refractivity contribution in [3.8, 4) is 39.9 Å². The third kappa shape index (κ3) is 2.07. The van der Waals surface area contributed by atoms with Gasteiger partial charge < -0.3 is 24.8 Å². The van der Waals surface area contributed by atoms with Gasteiger partial charge in [0.2, 0.25) is 5.75 Å². The summed E-state index contributed by atoms with van der Waals surface area (Å²) in [4.78, 5) is 2.24. The molecule has 0 spiro atoms. The Morgan fingerprint density at radius 2 is 1.76 bits per heavy atom. The molecule has 6 heteroatoms. The van der Waals surface area contributed by atoms with Gasteiger partial charge in [-0.2, -0.15) is 0 Å². The Morgan fingerprint density at radius 3 is 2.44 bits per heavy atom. The minimum absolute atomic E-state index is 0.00513. The Bertz CT molecular complexity index is 877. The van der Waals surface area contributed by atoms with Crippen molar-refractivity contribution in [3.05, 3.63) is 28.8 Å². The second kappa shape index (κ2) is 5.46. The average Bonchev–Trinajstić information content (AvgIpc) is 2.59. The van der Waals surface area contributed by atoms with E-state index in [9.17, 15) is 15.3 Å². The van der Waals surface area contributed by atoms with E-state index in [2.05, 4.69) is 4.90 Å². The maximum atomic E-state index is 10.8. The zero-order valence-electron chi connectivity index (χ0n) is 14.5. The van der Waals surface area contributed by atoms with Gasteiger partial charge in [-0.3, -0.25) is 4.90 Å². The van der Waals surface area contributed by atoms with Crippen LogP contribution in [0.2, 0.25) is 0 Å². The van der Waals surface area contributed by atoms with Gasteiger partial charge in [0.05, 0.1) is 14.2 Å². The molecule has 132 valence electrons. The van der Waals surface area contributed by atoms with Crippen molar-refractivity contribution in [3.63, 3.8) is 0 Å². The van der Waals surface area contributed by atoms with Crippen LogP contribution in [-0.4, -0.2) is 48.0 Å². The Balaban J connectivity index is 2.11. The number of benzene rings is 2. The molecule has 0 radical (unpaired) electrons. The number of hydrogen-bond acceptors (Lipinski definition) is 6.